The average molecular weight is 197 g/mol. The van der Waals surface area contributed by atoms with Crippen molar-refractivity contribution in [2.24, 2.45) is 0 Å². The molecule has 0 spiro atoms. The third-order valence-electron chi connectivity index (χ3n) is 2.75. The summed E-state index contributed by atoms with van der Waals surface area (Å²) in [5, 5.41) is 2.35. The first-order valence-electron chi connectivity index (χ1n) is 4.88. The third-order valence-corrected chi connectivity index (χ3v) is 2.75. The normalized spacial score (nSPS) is 11.3. The first-order chi connectivity index (χ1) is 7.25. The molecule has 0 amide bonds. The average Bonchev–Trinajstić information content (AvgIpc) is 2.58. The highest BCUT2D eigenvalue weighted by Crippen LogP contribution is 2.27. The lowest BCUT2D eigenvalue weighted by Crippen LogP contribution is -1.87. The Morgan fingerprint density at radius 1 is 1.27 bits per heavy atom. The molecule has 1 aromatic carbocycles. The Morgan fingerprint density at radius 3 is 3.00 bits per heavy atom. The van der Waals surface area contributed by atoms with E-state index in [2.05, 4.69) is 35.1 Å². The number of hydrogen-bond acceptors (Lipinski definition) is 2. The Hall–Kier alpha value is -2.03. The first kappa shape index (κ1) is 8.29. The lowest BCUT2D eigenvalue weighted by Gasteiger charge is -1.94. The summed E-state index contributed by atoms with van der Waals surface area (Å²) in [6.07, 6.45) is 1.78. The van der Waals surface area contributed by atoms with Gasteiger partial charge in [0.1, 0.15) is 5.82 Å². The van der Waals surface area contributed by atoms with Crippen LogP contribution in [0.1, 0.15) is 5.56 Å². The number of nitrogens with zero attached hydrogens (tertiary/aromatic N) is 1. The molecule has 0 aliphatic rings. The van der Waals surface area contributed by atoms with Gasteiger partial charge in [0.2, 0.25) is 0 Å². The van der Waals surface area contributed by atoms with Crippen LogP contribution < -0.4 is 5.73 Å². The van der Waals surface area contributed by atoms with Crippen molar-refractivity contribution in [2.45, 2.75) is 6.92 Å². The standard InChI is InChI=1S/C12H11N3/c1-7-3-2-4-8-9-5-11(13)14-6-10(9)15-12(7)8/h2-6,15H,1H3,(H2,13,14). The fraction of sp³-hybridized carbons (Fsp3) is 0.0833. The number of nitrogens with two attached hydrogens (primary N) is 1. The number of aromatic nitrogens is 2. The number of aromatic amines is 1. The number of benzene rings is 1. The van der Waals surface area contributed by atoms with Crippen LogP contribution in [0.5, 0.6) is 0 Å². The SMILES string of the molecule is Cc1cccc2c1[nH]c1cnc(N)cc12. The minimum Gasteiger partial charge on any atom is -0.384 e. The van der Waals surface area contributed by atoms with Crippen LogP contribution in [0.3, 0.4) is 0 Å². The molecule has 74 valence electrons. The van der Waals surface area contributed by atoms with E-state index in [1.165, 1.54) is 16.5 Å². The number of rotatable bonds is 0. The molecule has 2 aromatic heterocycles. The molecule has 0 unspecified atom stereocenters. The Labute approximate surface area is 86.9 Å². The van der Waals surface area contributed by atoms with Gasteiger partial charge in [0, 0.05) is 16.3 Å². The van der Waals surface area contributed by atoms with E-state index < -0.39 is 0 Å². The molecule has 0 radical (unpaired) electrons. The van der Waals surface area contributed by atoms with Gasteiger partial charge in [0.25, 0.3) is 0 Å². The second-order valence-electron chi connectivity index (χ2n) is 3.78. The number of anilines is 1. The zero-order chi connectivity index (χ0) is 10.4. The van der Waals surface area contributed by atoms with E-state index in [1.54, 1.807) is 6.20 Å². The molecular formula is C12H11N3. The number of aryl methyl sites for hydroxylation is 1. The Kier molecular flexibility index (Phi) is 1.51. The molecule has 3 aromatic rings. The number of nitrogen functional groups attached to an aromatic ring is 1. The van der Waals surface area contributed by atoms with Gasteiger partial charge in [0.05, 0.1) is 11.7 Å². The smallest absolute Gasteiger partial charge is 0.124 e. The van der Waals surface area contributed by atoms with Crippen LogP contribution >= 0.6 is 0 Å². The third kappa shape index (κ3) is 1.09. The molecular weight excluding hydrogens is 186 g/mol. The van der Waals surface area contributed by atoms with E-state index in [4.69, 9.17) is 5.73 Å². The maximum Gasteiger partial charge on any atom is 0.124 e. The number of H-pyrrole nitrogens is 1. The highest BCUT2D eigenvalue weighted by molar-refractivity contribution is 6.08. The molecule has 3 N–H and O–H groups in total. The summed E-state index contributed by atoms with van der Waals surface area (Å²) in [6, 6.07) is 8.16. The quantitative estimate of drug-likeness (QED) is 0.582. The molecule has 3 rings (SSSR count). The summed E-state index contributed by atoms with van der Waals surface area (Å²) in [4.78, 5) is 7.43. The van der Waals surface area contributed by atoms with Crippen molar-refractivity contribution in [1.29, 1.82) is 0 Å². The summed E-state index contributed by atoms with van der Waals surface area (Å²) < 4.78 is 0. The first-order valence-corrected chi connectivity index (χ1v) is 4.88. The van der Waals surface area contributed by atoms with Crippen molar-refractivity contribution in [2.75, 3.05) is 5.73 Å². The lowest BCUT2D eigenvalue weighted by molar-refractivity contribution is 1.35. The van der Waals surface area contributed by atoms with Crippen molar-refractivity contribution in [3.05, 3.63) is 36.0 Å². The van der Waals surface area contributed by atoms with Crippen LogP contribution in [0.25, 0.3) is 21.8 Å². The summed E-state index contributed by atoms with van der Waals surface area (Å²) >= 11 is 0. The number of hydrogen-bond donors (Lipinski definition) is 2. The van der Waals surface area contributed by atoms with Crippen molar-refractivity contribution in [1.82, 2.24) is 9.97 Å². The van der Waals surface area contributed by atoms with Gasteiger partial charge in [-0.2, -0.15) is 0 Å². The van der Waals surface area contributed by atoms with Gasteiger partial charge in [-0.05, 0) is 18.6 Å². The van der Waals surface area contributed by atoms with E-state index in [0.29, 0.717) is 5.82 Å². The van der Waals surface area contributed by atoms with E-state index in [9.17, 15) is 0 Å². The molecule has 3 heteroatoms. The van der Waals surface area contributed by atoms with Crippen molar-refractivity contribution in [3.8, 4) is 0 Å². The van der Waals surface area contributed by atoms with E-state index in [1.807, 2.05) is 6.07 Å². The molecule has 3 nitrogen and oxygen atoms in total. The molecule has 0 saturated carbocycles. The van der Waals surface area contributed by atoms with E-state index in [0.717, 1.165) is 10.9 Å². The maximum atomic E-state index is 5.69. The van der Waals surface area contributed by atoms with Gasteiger partial charge in [-0.1, -0.05) is 18.2 Å². The van der Waals surface area contributed by atoms with E-state index in [-0.39, 0.29) is 0 Å². The Morgan fingerprint density at radius 2 is 2.13 bits per heavy atom. The van der Waals surface area contributed by atoms with Gasteiger partial charge in [0.15, 0.2) is 0 Å². The molecule has 0 atom stereocenters. The molecule has 15 heavy (non-hydrogen) atoms. The maximum absolute atomic E-state index is 5.69. The van der Waals surface area contributed by atoms with Crippen LogP contribution in [0, 0.1) is 6.92 Å². The van der Waals surface area contributed by atoms with Gasteiger partial charge in [-0.15, -0.1) is 0 Å². The lowest BCUT2D eigenvalue weighted by atomic mass is 10.1. The highest BCUT2D eigenvalue weighted by atomic mass is 14.8. The summed E-state index contributed by atoms with van der Waals surface area (Å²) in [5.41, 5.74) is 9.13. The molecule has 2 heterocycles. The predicted molar refractivity (Wildman–Crippen MR) is 62.7 cm³/mol. The second kappa shape index (κ2) is 2.73. The molecule has 0 aliphatic heterocycles. The van der Waals surface area contributed by atoms with Gasteiger partial charge >= 0.3 is 0 Å². The topological polar surface area (TPSA) is 54.7 Å². The van der Waals surface area contributed by atoms with Crippen LogP contribution in [-0.2, 0) is 0 Å². The van der Waals surface area contributed by atoms with Gasteiger partial charge < -0.3 is 10.7 Å². The minimum absolute atomic E-state index is 0.560. The molecule has 0 fully saturated rings. The zero-order valence-corrected chi connectivity index (χ0v) is 8.41. The van der Waals surface area contributed by atoms with Crippen LogP contribution in [0.15, 0.2) is 30.5 Å². The van der Waals surface area contributed by atoms with Gasteiger partial charge in [-0.25, -0.2) is 4.98 Å². The van der Waals surface area contributed by atoms with E-state index >= 15 is 0 Å². The number of nitrogens with one attached hydrogen (secondary N) is 1. The van der Waals surface area contributed by atoms with Crippen LogP contribution in [-0.4, -0.2) is 9.97 Å². The van der Waals surface area contributed by atoms with Crippen molar-refractivity contribution in [3.63, 3.8) is 0 Å². The largest absolute Gasteiger partial charge is 0.384 e. The van der Waals surface area contributed by atoms with Crippen molar-refractivity contribution >= 4 is 27.6 Å². The predicted octanol–water partition coefficient (Wildman–Crippen LogP) is 2.61. The number of fused-ring (bicyclic) bond motifs is 3. The molecule has 0 aliphatic carbocycles. The van der Waals surface area contributed by atoms with Gasteiger partial charge in [-0.3, -0.25) is 0 Å². The summed E-state index contributed by atoms with van der Waals surface area (Å²) in [5.74, 6) is 0.560. The Balaban J connectivity index is 2.58. The number of para-hydroxylation sites is 1. The summed E-state index contributed by atoms with van der Waals surface area (Å²) in [6.45, 7) is 2.09. The van der Waals surface area contributed by atoms with Crippen LogP contribution in [0.2, 0.25) is 0 Å². The summed E-state index contributed by atoms with van der Waals surface area (Å²) in [7, 11) is 0. The minimum atomic E-state index is 0.560. The highest BCUT2D eigenvalue weighted by Gasteiger charge is 2.05. The fourth-order valence-electron chi connectivity index (χ4n) is 1.99. The molecule has 0 bridgehead atoms. The van der Waals surface area contributed by atoms with Crippen LogP contribution in [0.4, 0.5) is 5.82 Å². The monoisotopic (exact) mass is 197 g/mol. The second-order valence-corrected chi connectivity index (χ2v) is 3.78. The fourth-order valence-corrected chi connectivity index (χ4v) is 1.99. The Bertz CT molecular complexity index is 652. The number of pyridine rings is 1. The zero-order valence-electron chi connectivity index (χ0n) is 8.41. The van der Waals surface area contributed by atoms with Crippen molar-refractivity contribution < 1.29 is 0 Å². The molecule has 0 saturated heterocycles.